The summed E-state index contributed by atoms with van der Waals surface area (Å²) >= 11 is 0. The Labute approximate surface area is 83.5 Å². The molecule has 0 aromatic rings. The van der Waals surface area contributed by atoms with E-state index < -0.39 is 5.97 Å². The topological polar surface area (TPSA) is 46.6 Å². The van der Waals surface area contributed by atoms with Crippen LogP contribution in [0.4, 0.5) is 0 Å². The lowest BCUT2D eigenvalue weighted by Crippen LogP contribution is -2.32. The maximum atomic E-state index is 11.3. The molecule has 0 saturated carbocycles. The monoisotopic (exact) mass is 195 g/mol. The van der Waals surface area contributed by atoms with Gasteiger partial charge in [0.2, 0.25) is 0 Å². The van der Waals surface area contributed by atoms with Gasteiger partial charge in [0, 0.05) is 19.8 Å². The van der Waals surface area contributed by atoms with Gasteiger partial charge in [-0.2, -0.15) is 5.06 Å². The van der Waals surface area contributed by atoms with E-state index in [9.17, 15) is 9.59 Å². The summed E-state index contributed by atoms with van der Waals surface area (Å²) in [5.41, 5.74) is 0. The summed E-state index contributed by atoms with van der Waals surface area (Å²) in [6.07, 6.45) is 6.96. The molecule has 0 spiro atoms. The van der Waals surface area contributed by atoms with Crippen LogP contribution in [-0.2, 0) is 14.4 Å². The lowest BCUT2D eigenvalue weighted by atomic mass is 10.3. The Morgan fingerprint density at radius 2 is 2.29 bits per heavy atom. The van der Waals surface area contributed by atoms with Gasteiger partial charge in [-0.1, -0.05) is 6.08 Å². The van der Waals surface area contributed by atoms with E-state index >= 15 is 0 Å². The van der Waals surface area contributed by atoms with E-state index in [4.69, 9.17) is 6.42 Å². The second-order valence-corrected chi connectivity index (χ2v) is 2.53. The molecule has 0 aliphatic rings. The molecule has 76 valence electrons. The van der Waals surface area contributed by atoms with E-state index in [2.05, 4.69) is 17.3 Å². The van der Waals surface area contributed by atoms with Crippen molar-refractivity contribution in [2.24, 2.45) is 0 Å². The fraction of sp³-hybridized carbons (Fsp3) is 0.400. The standard InChI is InChI=1S/C10H13NO3/c1-4-6-7-10(13)11(8-5-2)14-9(3)12/h1,5H,2,6-8H2,3H3. The van der Waals surface area contributed by atoms with E-state index in [0.29, 0.717) is 6.42 Å². The van der Waals surface area contributed by atoms with Crippen LogP contribution in [0.2, 0.25) is 0 Å². The molecule has 0 aliphatic heterocycles. The lowest BCUT2D eigenvalue weighted by Gasteiger charge is -2.17. The summed E-state index contributed by atoms with van der Waals surface area (Å²) in [4.78, 5) is 26.6. The molecule has 4 heteroatoms. The molecule has 0 atom stereocenters. The first kappa shape index (κ1) is 12.2. The summed E-state index contributed by atoms with van der Waals surface area (Å²) in [7, 11) is 0. The molecular formula is C10H13NO3. The molecule has 0 fully saturated rings. The van der Waals surface area contributed by atoms with Crippen molar-refractivity contribution in [2.45, 2.75) is 19.8 Å². The molecule has 0 aromatic heterocycles. The van der Waals surface area contributed by atoms with Crippen LogP contribution < -0.4 is 0 Å². The van der Waals surface area contributed by atoms with Gasteiger partial charge < -0.3 is 4.84 Å². The summed E-state index contributed by atoms with van der Waals surface area (Å²) in [6.45, 7) is 4.84. The van der Waals surface area contributed by atoms with E-state index in [1.54, 1.807) is 0 Å². The Morgan fingerprint density at radius 3 is 2.71 bits per heavy atom. The van der Waals surface area contributed by atoms with Gasteiger partial charge >= 0.3 is 5.97 Å². The first-order valence-electron chi connectivity index (χ1n) is 4.15. The van der Waals surface area contributed by atoms with Gasteiger partial charge in [0.05, 0.1) is 6.54 Å². The highest BCUT2D eigenvalue weighted by Gasteiger charge is 2.14. The molecular weight excluding hydrogens is 182 g/mol. The van der Waals surface area contributed by atoms with Crippen LogP contribution in [0.15, 0.2) is 12.7 Å². The van der Waals surface area contributed by atoms with Gasteiger partial charge in [-0.25, -0.2) is 0 Å². The minimum atomic E-state index is -0.541. The summed E-state index contributed by atoms with van der Waals surface area (Å²) in [6, 6.07) is 0. The third-order valence-electron chi connectivity index (χ3n) is 1.30. The van der Waals surface area contributed by atoms with Crippen LogP contribution in [0.3, 0.4) is 0 Å². The molecule has 14 heavy (non-hydrogen) atoms. The largest absolute Gasteiger partial charge is 0.338 e. The van der Waals surface area contributed by atoms with E-state index in [1.807, 2.05) is 0 Å². The molecule has 0 heterocycles. The first-order chi connectivity index (χ1) is 6.61. The number of nitrogens with zero attached hydrogens (tertiary/aromatic N) is 1. The van der Waals surface area contributed by atoms with Crippen molar-refractivity contribution in [1.82, 2.24) is 5.06 Å². The summed E-state index contributed by atoms with van der Waals surface area (Å²) in [5, 5.41) is 0.951. The van der Waals surface area contributed by atoms with Crippen LogP contribution in [0.25, 0.3) is 0 Å². The van der Waals surface area contributed by atoms with Crippen molar-refractivity contribution in [3.8, 4) is 12.3 Å². The highest BCUT2D eigenvalue weighted by molar-refractivity contribution is 5.77. The predicted molar refractivity (Wildman–Crippen MR) is 51.7 cm³/mol. The quantitative estimate of drug-likeness (QED) is 0.380. The number of hydrogen-bond acceptors (Lipinski definition) is 3. The normalized spacial score (nSPS) is 8.57. The van der Waals surface area contributed by atoms with Crippen molar-refractivity contribution >= 4 is 11.9 Å². The fourth-order valence-corrected chi connectivity index (χ4v) is 0.766. The second-order valence-electron chi connectivity index (χ2n) is 2.53. The maximum Gasteiger partial charge on any atom is 0.329 e. The molecule has 0 saturated heterocycles. The van der Waals surface area contributed by atoms with Crippen LogP contribution >= 0.6 is 0 Å². The Hall–Kier alpha value is -1.76. The molecule has 0 unspecified atom stereocenters. The average molecular weight is 195 g/mol. The summed E-state index contributed by atoms with van der Waals surface area (Å²) in [5.74, 6) is 1.47. The lowest BCUT2D eigenvalue weighted by molar-refractivity contribution is -0.194. The number of hydrogen-bond donors (Lipinski definition) is 0. The fourth-order valence-electron chi connectivity index (χ4n) is 0.766. The number of terminal acetylenes is 1. The minimum absolute atomic E-state index is 0.164. The van der Waals surface area contributed by atoms with Crippen LogP contribution in [0.5, 0.6) is 0 Å². The van der Waals surface area contributed by atoms with Gasteiger partial charge in [0.25, 0.3) is 5.91 Å². The molecule has 0 radical (unpaired) electrons. The molecule has 1 amide bonds. The van der Waals surface area contributed by atoms with Crippen molar-refractivity contribution in [3.63, 3.8) is 0 Å². The van der Waals surface area contributed by atoms with Crippen molar-refractivity contribution in [1.29, 1.82) is 0 Å². The smallest absolute Gasteiger partial charge is 0.329 e. The summed E-state index contributed by atoms with van der Waals surface area (Å²) < 4.78 is 0. The van der Waals surface area contributed by atoms with Crippen LogP contribution in [0, 0.1) is 12.3 Å². The zero-order valence-corrected chi connectivity index (χ0v) is 8.16. The van der Waals surface area contributed by atoms with Gasteiger partial charge in [0.1, 0.15) is 0 Å². The van der Waals surface area contributed by atoms with Crippen molar-refractivity contribution in [2.75, 3.05) is 6.54 Å². The van der Waals surface area contributed by atoms with Gasteiger partial charge in [-0.05, 0) is 0 Å². The molecule has 4 nitrogen and oxygen atoms in total. The maximum absolute atomic E-state index is 11.3. The Kier molecular flexibility index (Phi) is 5.88. The number of carbonyl (C=O) groups excluding carboxylic acids is 2. The number of carbonyl (C=O) groups is 2. The SMILES string of the molecule is C#CCCC(=O)N(CC=C)OC(C)=O. The second kappa shape index (κ2) is 6.72. The van der Waals surface area contributed by atoms with E-state index in [0.717, 1.165) is 5.06 Å². The van der Waals surface area contributed by atoms with Gasteiger partial charge in [0.15, 0.2) is 0 Å². The zero-order valence-electron chi connectivity index (χ0n) is 8.16. The highest BCUT2D eigenvalue weighted by Crippen LogP contribution is 1.99. The number of rotatable bonds is 4. The average Bonchev–Trinajstić information content (AvgIpc) is 2.13. The highest BCUT2D eigenvalue weighted by atomic mass is 16.7. The van der Waals surface area contributed by atoms with Crippen molar-refractivity contribution < 1.29 is 14.4 Å². The first-order valence-corrected chi connectivity index (χ1v) is 4.15. The predicted octanol–water partition coefficient (Wildman–Crippen LogP) is 0.893. The molecule has 0 bridgehead atoms. The molecule has 0 rings (SSSR count). The van der Waals surface area contributed by atoms with Crippen LogP contribution in [-0.4, -0.2) is 23.5 Å². The van der Waals surface area contributed by atoms with E-state index in [1.165, 1.54) is 13.0 Å². The van der Waals surface area contributed by atoms with Crippen molar-refractivity contribution in [3.05, 3.63) is 12.7 Å². The number of hydroxylamine groups is 2. The third kappa shape index (κ3) is 4.99. The Morgan fingerprint density at radius 1 is 1.64 bits per heavy atom. The zero-order chi connectivity index (χ0) is 11.0. The van der Waals surface area contributed by atoms with Crippen LogP contribution in [0.1, 0.15) is 19.8 Å². The molecule has 0 aliphatic carbocycles. The van der Waals surface area contributed by atoms with E-state index in [-0.39, 0.29) is 18.9 Å². The minimum Gasteiger partial charge on any atom is -0.338 e. The molecule has 0 N–H and O–H groups in total. The third-order valence-corrected chi connectivity index (χ3v) is 1.30. The Bertz CT molecular complexity index is 265. The Balaban J connectivity index is 4.18. The van der Waals surface area contributed by atoms with Gasteiger partial charge in [-0.15, -0.1) is 18.9 Å². The molecule has 0 aromatic carbocycles. The number of amides is 1. The van der Waals surface area contributed by atoms with Gasteiger partial charge in [-0.3, -0.25) is 9.59 Å².